The summed E-state index contributed by atoms with van der Waals surface area (Å²) in [6, 6.07) is 13.7. The zero-order valence-corrected chi connectivity index (χ0v) is 18.4. The van der Waals surface area contributed by atoms with Gasteiger partial charge in [-0.2, -0.15) is 0 Å². The molecule has 30 heavy (non-hydrogen) atoms. The second-order valence-corrected chi connectivity index (χ2v) is 9.04. The van der Waals surface area contributed by atoms with E-state index in [4.69, 9.17) is 27.9 Å². The number of aliphatic carboxylic acids is 1. The Morgan fingerprint density at radius 2 is 1.73 bits per heavy atom. The molecule has 3 rings (SSSR count). The van der Waals surface area contributed by atoms with Crippen LogP contribution in [0.25, 0.3) is 0 Å². The third-order valence-electron chi connectivity index (χ3n) is 5.36. The lowest BCUT2D eigenvalue weighted by Crippen LogP contribution is -2.43. The maximum atomic E-state index is 12.7. The Balaban J connectivity index is 1.89. The Labute approximate surface area is 186 Å². The van der Waals surface area contributed by atoms with Crippen molar-refractivity contribution in [1.29, 1.82) is 0 Å². The predicted octanol–water partition coefficient (Wildman–Crippen LogP) is 5.99. The molecule has 2 atom stereocenters. The van der Waals surface area contributed by atoms with Crippen molar-refractivity contribution in [2.75, 3.05) is 0 Å². The number of hydrogen-bond acceptors (Lipinski definition) is 3. The molecule has 0 bridgehead atoms. The fourth-order valence-electron chi connectivity index (χ4n) is 3.78. The topological polar surface area (TPSA) is 75.6 Å². The van der Waals surface area contributed by atoms with Crippen molar-refractivity contribution >= 4 is 35.3 Å². The van der Waals surface area contributed by atoms with Crippen LogP contribution in [0.2, 0.25) is 10.0 Å². The first-order valence-electron chi connectivity index (χ1n) is 9.93. The highest BCUT2D eigenvalue weighted by Gasteiger charge is 2.53. The Morgan fingerprint density at radius 1 is 1.10 bits per heavy atom. The zero-order chi connectivity index (χ0) is 21.9. The second-order valence-electron chi connectivity index (χ2n) is 8.17. The number of amides is 1. The molecule has 1 amide bonds. The molecule has 0 aromatic heterocycles. The molecular weight excluding hydrogens is 425 g/mol. The van der Waals surface area contributed by atoms with Gasteiger partial charge >= 0.3 is 12.1 Å². The molecule has 1 saturated carbocycles. The van der Waals surface area contributed by atoms with E-state index < -0.39 is 29.6 Å². The predicted molar refractivity (Wildman–Crippen MR) is 117 cm³/mol. The average molecular weight is 450 g/mol. The molecule has 1 aliphatic carbocycles. The van der Waals surface area contributed by atoms with Crippen LogP contribution in [0.5, 0.6) is 0 Å². The van der Waals surface area contributed by atoms with E-state index in [0.717, 1.165) is 24.0 Å². The van der Waals surface area contributed by atoms with Crippen LogP contribution in [0.3, 0.4) is 0 Å². The first kappa shape index (κ1) is 22.4. The van der Waals surface area contributed by atoms with Crippen LogP contribution in [0.1, 0.15) is 50.3 Å². The van der Waals surface area contributed by atoms with E-state index in [1.54, 1.807) is 24.3 Å². The quantitative estimate of drug-likeness (QED) is 0.518. The molecule has 0 heterocycles. The van der Waals surface area contributed by atoms with Crippen LogP contribution in [0, 0.1) is 5.92 Å². The van der Waals surface area contributed by atoms with E-state index in [1.807, 2.05) is 38.1 Å². The van der Waals surface area contributed by atoms with E-state index in [2.05, 4.69) is 5.32 Å². The molecule has 2 aromatic rings. The number of ether oxygens (including phenoxy) is 1. The Morgan fingerprint density at radius 3 is 2.27 bits per heavy atom. The van der Waals surface area contributed by atoms with Crippen molar-refractivity contribution in [2.24, 2.45) is 5.92 Å². The molecular formula is C23H25Cl2NO4. The van der Waals surface area contributed by atoms with Crippen molar-refractivity contribution in [3.05, 3.63) is 69.7 Å². The van der Waals surface area contributed by atoms with Gasteiger partial charge in [-0.15, -0.1) is 0 Å². The summed E-state index contributed by atoms with van der Waals surface area (Å²) in [6.07, 6.45) is 0.550. The monoisotopic (exact) mass is 449 g/mol. The molecule has 0 saturated heterocycles. The first-order chi connectivity index (χ1) is 14.2. The Bertz CT molecular complexity index is 927. The van der Waals surface area contributed by atoms with E-state index in [1.165, 1.54) is 0 Å². The van der Waals surface area contributed by atoms with Crippen molar-refractivity contribution in [2.45, 2.75) is 50.7 Å². The van der Waals surface area contributed by atoms with Crippen molar-refractivity contribution in [3.8, 4) is 0 Å². The Kier molecular flexibility index (Phi) is 6.94. The van der Waals surface area contributed by atoms with Crippen molar-refractivity contribution in [1.82, 2.24) is 5.32 Å². The van der Waals surface area contributed by atoms with Gasteiger partial charge in [0.05, 0.1) is 0 Å². The summed E-state index contributed by atoms with van der Waals surface area (Å²) in [5.41, 5.74) is 1.31. The summed E-state index contributed by atoms with van der Waals surface area (Å²) in [5.74, 6) is -0.979. The van der Waals surface area contributed by atoms with Gasteiger partial charge in [-0.1, -0.05) is 61.3 Å². The first-order valence-corrected chi connectivity index (χ1v) is 10.7. The van der Waals surface area contributed by atoms with Gasteiger partial charge in [-0.25, -0.2) is 9.59 Å². The number of hydrogen-bond donors (Lipinski definition) is 2. The molecule has 0 radical (unpaired) electrons. The molecule has 1 aliphatic rings. The molecule has 1 fully saturated rings. The smallest absolute Gasteiger partial charge is 0.408 e. The molecule has 2 aromatic carbocycles. The summed E-state index contributed by atoms with van der Waals surface area (Å²) >= 11 is 12.4. The number of carboxylic acids is 1. The fraction of sp³-hybridized carbons (Fsp3) is 0.391. The number of carboxylic acid groups (broad SMARTS) is 1. The molecule has 7 heteroatoms. The van der Waals surface area contributed by atoms with Crippen molar-refractivity contribution < 1.29 is 19.4 Å². The van der Waals surface area contributed by atoms with Gasteiger partial charge in [0.25, 0.3) is 0 Å². The summed E-state index contributed by atoms with van der Waals surface area (Å²) in [7, 11) is 0. The van der Waals surface area contributed by atoms with Gasteiger partial charge in [0.2, 0.25) is 0 Å². The van der Waals surface area contributed by atoms with Crippen LogP contribution < -0.4 is 5.32 Å². The normalized spacial score (nSPS) is 16.6. The van der Waals surface area contributed by atoms with Gasteiger partial charge in [-0.05, 0) is 60.6 Å². The van der Waals surface area contributed by atoms with Gasteiger partial charge in [0.15, 0.2) is 0 Å². The molecule has 0 aliphatic heterocycles. The molecule has 0 spiro atoms. The molecule has 5 nitrogen and oxygen atoms in total. The number of halogens is 2. The highest BCUT2D eigenvalue weighted by molar-refractivity contribution is 6.30. The number of nitrogens with one attached hydrogen (secondary N) is 1. The third kappa shape index (κ3) is 5.27. The number of carbonyl (C=O) groups excluding carboxylic acids is 1. The van der Waals surface area contributed by atoms with Gasteiger partial charge < -0.3 is 15.2 Å². The number of carbonyl (C=O) groups is 2. The van der Waals surface area contributed by atoms with E-state index in [-0.39, 0.29) is 5.92 Å². The summed E-state index contributed by atoms with van der Waals surface area (Å²) in [6.45, 7) is 3.80. The van der Waals surface area contributed by atoms with E-state index in [0.29, 0.717) is 16.5 Å². The minimum absolute atomic E-state index is 0.108. The van der Waals surface area contributed by atoms with Gasteiger partial charge in [0, 0.05) is 15.5 Å². The average Bonchev–Trinajstić information content (AvgIpc) is 3.47. The van der Waals surface area contributed by atoms with Crippen LogP contribution in [0.15, 0.2) is 48.5 Å². The maximum Gasteiger partial charge on any atom is 0.408 e. The van der Waals surface area contributed by atoms with Gasteiger partial charge in [-0.3, -0.25) is 0 Å². The minimum Gasteiger partial charge on any atom is -0.480 e. The number of alkyl carbamates (subject to hydrolysis) is 1. The summed E-state index contributed by atoms with van der Waals surface area (Å²) in [5, 5.41) is 13.1. The minimum atomic E-state index is -1.09. The lowest BCUT2D eigenvalue weighted by molar-refractivity contribution is -0.139. The highest BCUT2D eigenvalue weighted by Crippen LogP contribution is 2.58. The van der Waals surface area contributed by atoms with Crippen LogP contribution >= 0.6 is 23.2 Å². The SMILES string of the molecule is CC(C)CC(NC(=O)OC(c1cccc(Cl)c1)C1(c2cccc(Cl)c2)CC1)C(=O)O. The van der Waals surface area contributed by atoms with Crippen LogP contribution in [-0.2, 0) is 14.9 Å². The van der Waals surface area contributed by atoms with Crippen LogP contribution in [0.4, 0.5) is 4.79 Å². The standard InChI is InChI=1S/C23H25Cl2NO4/c1-14(2)11-19(21(27)28)26-22(29)30-20(15-5-3-7-17(24)12-15)23(9-10-23)16-6-4-8-18(25)13-16/h3-8,12-14,19-20H,9-11H2,1-2H3,(H,26,29)(H,27,28). The fourth-order valence-corrected chi connectivity index (χ4v) is 4.17. The molecule has 2 N–H and O–H groups in total. The summed E-state index contributed by atoms with van der Waals surface area (Å²) in [4.78, 5) is 24.3. The molecule has 160 valence electrons. The third-order valence-corrected chi connectivity index (χ3v) is 5.83. The van der Waals surface area contributed by atoms with Crippen molar-refractivity contribution in [3.63, 3.8) is 0 Å². The second kappa shape index (κ2) is 9.27. The number of benzene rings is 2. The maximum absolute atomic E-state index is 12.7. The largest absolute Gasteiger partial charge is 0.480 e. The highest BCUT2D eigenvalue weighted by atomic mass is 35.5. The zero-order valence-electron chi connectivity index (χ0n) is 16.9. The molecule has 2 unspecified atom stereocenters. The summed E-state index contributed by atoms with van der Waals surface area (Å²) < 4.78 is 5.86. The Hall–Kier alpha value is -2.24. The lowest BCUT2D eigenvalue weighted by atomic mass is 9.86. The van der Waals surface area contributed by atoms with E-state index >= 15 is 0 Å². The van der Waals surface area contributed by atoms with Gasteiger partial charge in [0.1, 0.15) is 12.1 Å². The van der Waals surface area contributed by atoms with E-state index in [9.17, 15) is 14.7 Å². The lowest BCUT2D eigenvalue weighted by Gasteiger charge is -2.29. The number of rotatable bonds is 8. The van der Waals surface area contributed by atoms with Crippen LogP contribution in [-0.4, -0.2) is 23.2 Å².